The number of H-pyrrole nitrogens is 1. The van der Waals surface area contributed by atoms with Crippen molar-refractivity contribution >= 4 is 5.91 Å². The topological polar surface area (TPSA) is 66.9 Å². The van der Waals surface area contributed by atoms with Crippen molar-refractivity contribution in [2.75, 3.05) is 0 Å². The minimum atomic E-state index is -0.382. The first-order valence-electron chi connectivity index (χ1n) is 8.96. The maximum absolute atomic E-state index is 13.1. The van der Waals surface area contributed by atoms with E-state index < -0.39 is 0 Å². The molecule has 3 rings (SSSR count). The maximum Gasteiger partial charge on any atom is 0.274 e. The zero-order chi connectivity index (χ0) is 20.3. The molecule has 2 N–H and O–H groups in total. The van der Waals surface area contributed by atoms with Gasteiger partial charge >= 0.3 is 0 Å². The van der Waals surface area contributed by atoms with Crippen LogP contribution >= 0.6 is 0 Å². The molecule has 1 amide bonds. The normalized spacial score (nSPS) is 12.0. The van der Waals surface area contributed by atoms with Gasteiger partial charge in [-0.15, -0.1) is 0 Å². The summed E-state index contributed by atoms with van der Waals surface area (Å²) >= 11 is 0. The molecule has 1 heterocycles. The first-order valence-corrected chi connectivity index (χ1v) is 8.96. The highest BCUT2D eigenvalue weighted by atomic mass is 19.1. The van der Waals surface area contributed by atoms with Crippen molar-refractivity contribution in [1.82, 2.24) is 15.1 Å². The molecular formula is C21H21F2N3O2. The van der Waals surface area contributed by atoms with E-state index in [2.05, 4.69) is 10.4 Å². The van der Waals surface area contributed by atoms with E-state index in [0.29, 0.717) is 16.9 Å². The standard InChI is InChI=1S/C21H21F2N3O2/c1-13(15-3-5-16(22)6-4-15)24-20(27)12-11-19-14(2)25-26(21(19)28)18-9-7-17(23)8-10-18/h3-10,13,25H,11-12H2,1-2H3,(H,24,27)/t13-/m1/s1. The lowest BCUT2D eigenvalue weighted by atomic mass is 10.1. The van der Waals surface area contributed by atoms with Crippen molar-refractivity contribution in [2.45, 2.75) is 32.7 Å². The van der Waals surface area contributed by atoms with Crippen LogP contribution in [0.2, 0.25) is 0 Å². The Morgan fingerprint density at radius 3 is 2.25 bits per heavy atom. The smallest absolute Gasteiger partial charge is 0.274 e. The molecule has 0 aliphatic heterocycles. The Hall–Kier alpha value is -3.22. The van der Waals surface area contributed by atoms with Crippen molar-refractivity contribution in [1.29, 1.82) is 0 Å². The second-order valence-corrected chi connectivity index (χ2v) is 6.67. The number of rotatable bonds is 6. The highest BCUT2D eigenvalue weighted by Gasteiger charge is 2.15. The van der Waals surface area contributed by atoms with Crippen LogP contribution in [0.5, 0.6) is 0 Å². The summed E-state index contributed by atoms with van der Waals surface area (Å²) in [6, 6.07) is 11.2. The predicted molar refractivity (Wildman–Crippen MR) is 102 cm³/mol. The van der Waals surface area contributed by atoms with Crippen LogP contribution in [0.3, 0.4) is 0 Å². The molecule has 3 aromatic rings. The number of hydrogen-bond acceptors (Lipinski definition) is 2. The van der Waals surface area contributed by atoms with E-state index in [4.69, 9.17) is 0 Å². The summed E-state index contributed by atoms with van der Waals surface area (Å²) < 4.78 is 27.4. The van der Waals surface area contributed by atoms with Crippen molar-refractivity contribution in [2.24, 2.45) is 0 Å². The number of carbonyl (C=O) groups excluding carboxylic acids is 1. The van der Waals surface area contributed by atoms with Gasteiger partial charge in [0.1, 0.15) is 11.6 Å². The van der Waals surface area contributed by atoms with Crippen molar-refractivity contribution < 1.29 is 13.6 Å². The highest BCUT2D eigenvalue weighted by Crippen LogP contribution is 2.14. The molecule has 0 saturated heterocycles. The molecule has 1 atom stereocenters. The number of nitrogens with one attached hydrogen (secondary N) is 2. The second kappa shape index (κ2) is 8.21. The summed E-state index contributed by atoms with van der Waals surface area (Å²) in [6.07, 6.45) is 0.417. The Balaban J connectivity index is 1.65. The largest absolute Gasteiger partial charge is 0.350 e. The van der Waals surface area contributed by atoms with Crippen LogP contribution in [0, 0.1) is 18.6 Å². The third kappa shape index (κ3) is 4.36. The molecule has 0 aliphatic rings. The van der Waals surface area contributed by atoms with Gasteiger partial charge in [-0.1, -0.05) is 12.1 Å². The van der Waals surface area contributed by atoms with E-state index in [0.717, 1.165) is 5.56 Å². The van der Waals surface area contributed by atoms with Crippen LogP contribution in [0.1, 0.15) is 36.2 Å². The maximum atomic E-state index is 13.1. The van der Waals surface area contributed by atoms with Gasteiger partial charge < -0.3 is 5.32 Å². The van der Waals surface area contributed by atoms with Crippen LogP contribution in [0.25, 0.3) is 5.69 Å². The Morgan fingerprint density at radius 2 is 1.64 bits per heavy atom. The van der Waals surface area contributed by atoms with Gasteiger partial charge in [0.15, 0.2) is 0 Å². The van der Waals surface area contributed by atoms with Crippen LogP contribution in [-0.4, -0.2) is 15.7 Å². The Labute approximate surface area is 161 Å². The lowest BCUT2D eigenvalue weighted by molar-refractivity contribution is -0.121. The fourth-order valence-corrected chi connectivity index (χ4v) is 3.03. The number of aromatic nitrogens is 2. The molecule has 0 bridgehead atoms. The average molecular weight is 385 g/mol. The van der Waals surface area contributed by atoms with Crippen molar-refractivity contribution in [3.63, 3.8) is 0 Å². The molecule has 0 spiro atoms. The van der Waals surface area contributed by atoms with Gasteiger partial charge in [-0.25, -0.2) is 13.5 Å². The van der Waals surface area contributed by atoms with Crippen molar-refractivity contribution in [3.05, 3.63) is 87.3 Å². The van der Waals surface area contributed by atoms with Gasteiger partial charge in [-0.3, -0.25) is 14.7 Å². The average Bonchev–Trinajstić information content (AvgIpc) is 2.95. The van der Waals surface area contributed by atoms with Crippen LogP contribution in [0.15, 0.2) is 53.3 Å². The summed E-state index contributed by atoms with van der Waals surface area (Å²) in [5.74, 6) is -0.917. The molecule has 0 saturated carbocycles. The summed E-state index contributed by atoms with van der Waals surface area (Å²) in [7, 11) is 0. The molecule has 1 aromatic heterocycles. The number of aromatic amines is 1. The second-order valence-electron chi connectivity index (χ2n) is 6.67. The van der Waals surface area contributed by atoms with Gasteiger partial charge in [0.05, 0.1) is 11.7 Å². The minimum absolute atomic E-state index is 0.142. The summed E-state index contributed by atoms with van der Waals surface area (Å²) in [4.78, 5) is 24.9. The van der Waals surface area contributed by atoms with Gasteiger partial charge in [0.25, 0.3) is 5.56 Å². The van der Waals surface area contributed by atoms with Crippen LogP contribution in [-0.2, 0) is 11.2 Å². The van der Waals surface area contributed by atoms with E-state index >= 15 is 0 Å². The van der Waals surface area contributed by atoms with Gasteiger partial charge in [-0.2, -0.15) is 0 Å². The van der Waals surface area contributed by atoms with E-state index in [1.54, 1.807) is 19.1 Å². The van der Waals surface area contributed by atoms with E-state index in [9.17, 15) is 18.4 Å². The molecule has 0 aliphatic carbocycles. The molecule has 7 heteroatoms. The molecule has 28 heavy (non-hydrogen) atoms. The number of amides is 1. The van der Waals surface area contributed by atoms with Crippen LogP contribution in [0.4, 0.5) is 8.78 Å². The fraction of sp³-hybridized carbons (Fsp3) is 0.238. The van der Waals surface area contributed by atoms with Crippen molar-refractivity contribution in [3.8, 4) is 5.69 Å². The first-order chi connectivity index (χ1) is 13.3. The lowest BCUT2D eigenvalue weighted by Crippen LogP contribution is -2.27. The highest BCUT2D eigenvalue weighted by molar-refractivity contribution is 5.76. The number of nitrogens with zero attached hydrogens (tertiary/aromatic N) is 1. The number of carbonyl (C=O) groups is 1. The third-order valence-electron chi connectivity index (χ3n) is 4.63. The minimum Gasteiger partial charge on any atom is -0.350 e. The molecule has 146 valence electrons. The number of halogens is 2. The summed E-state index contributed by atoms with van der Waals surface area (Å²) in [5.41, 5.74) is 2.23. The zero-order valence-electron chi connectivity index (χ0n) is 15.6. The first kappa shape index (κ1) is 19.5. The summed E-state index contributed by atoms with van der Waals surface area (Å²) in [5, 5.41) is 5.81. The van der Waals surface area contributed by atoms with Gasteiger partial charge in [0, 0.05) is 17.7 Å². The molecule has 5 nitrogen and oxygen atoms in total. The molecule has 2 aromatic carbocycles. The SMILES string of the molecule is Cc1[nH]n(-c2ccc(F)cc2)c(=O)c1CCC(=O)N[C@H](C)c1ccc(F)cc1. The lowest BCUT2D eigenvalue weighted by Gasteiger charge is -2.14. The Morgan fingerprint density at radius 1 is 1.07 bits per heavy atom. The van der Waals surface area contributed by atoms with Crippen LogP contribution < -0.4 is 10.9 Å². The molecule has 0 unspecified atom stereocenters. The third-order valence-corrected chi connectivity index (χ3v) is 4.63. The molecular weight excluding hydrogens is 364 g/mol. The Kier molecular flexibility index (Phi) is 5.73. The fourth-order valence-electron chi connectivity index (χ4n) is 3.03. The van der Waals surface area contributed by atoms with Gasteiger partial charge in [0.2, 0.25) is 5.91 Å². The van der Waals surface area contributed by atoms with E-state index in [-0.39, 0.29) is 42.0 Å². The molecule has 0 radical (unpaired) electrons. The van der Waals surface area contributed by atoms with E-state index in [1.165, 1.54) is 41.1 Å². The number of aryl methyl sites for hydroxylation is 1. The number of hydrogen-bond donors (Lipinski definition) is 2. The predicted octanol–water partition coefficient (Wildman–Crippen LogP) is 3.56. The zero-order valence-corrected chi connectivity index (χ0v) is 15.6. The molecule has 0 fully saturated rings. The monoisotopic (exact) mass is 385 g/mol. The Bertz CT molecular complexity index is 1020. The summed E-state index contributed by atoms with van der Waals surface area (Å²) in [6.45, 7) is 3.57. The quantitative estimate of drug-likeness (QED) is 0.681. The number of benzene rings is 2. The van der Waals surface area contributed by atoms with Gasteiger partial charge in [-0.05, 0) is 62.2 Å². The van der Waals surface area contributed by atoms with E-state index in [1.807, 2.05) is 6.92 Å².